The van der Waals surface area contributed by atoms with E-state index in [1.165, 1.54) is 7.11 Å². The van der Waals surface area contributed by atoms with Crippen molar-refractivity contribution in [2.24, 2.45) is 5.92 Å². The molecule has 1 amide bonds. The quantitative estimate of drug-likeness (QED) is 0.709. The minimum Gasteiger partial charge on any atom is -0.481 e. The Hall–Kier alpha value is -1.10. The molecule has 0 saturated carbocycles. The predicted octanol–water partition coefficient (Wildman–Crippen LogP) is 0.981. The van der Waals surface area contributed by atoms with Gasteiger partial charge in [-0.3, -0.25) is 9.59 Å². The predicted molar refractivity (Wildman–Crippen MR) is 60.1 cm³/mol. The van der Waals surface area contributed by atoms with E-state index in [0.717, 1.165) is 6.42 Å². The van der Waals surface area contributed by atoms with E-state index in [1.807, 2.05) is 13.8 Å². The molecule has 0 aromatic rings. The Balaban J connectivity index is 4.54. The first-order chi connectivity index (χ1) is 7.43. The van der Waals surface area contributed by atoms with E-state index in [0.29, 0.717) is 0 Å². The van der Waals surface area contributed by atoms with Gasteiger partial charge in [0.1, 0.15) is 6.61 Å². The summed E-state index contributed by atoms with van der Waals surface area (Å²) in [5, 5.41) is 8.83. The zero-order chi connectivity index (χ0) is 12.7. The maximum atomic E-state index is 11.7. The van der Waals surface area contributed by atoms with Crippen LogP contribution in [0.3, 0.4) is 0 Å². The second kappa shape index (κ2) is 7.22. The molecule has 0 aromatic heterocycles. The summed E-state index contributed by atoms with van der Waals surface area (Å²) in [7, 11) is 1.45. The van der Waals surface area contributed by atoms with Gasteiger partial charge in [0.2, 0.25) is 5.91 Å². The molecule has 0 aromatic carbocycles. The third-order valence-electron chi connectivity index (χ3n) is 2.60. The molecule has 0 aliphatic heterocycles. The Labute approximate surface area is 96.4 Å². The van der Waals surface area contributed by atoms with Gasteiger partial charge in [-0.2, -0.15) is 0 Å². The molecule has 1 N–H and O–H groups in total. The Bertz CT molecular complexity index is 242. The van der Waals surface area contributed by atoms with E-state index in [4.69, 9.17) is 9.84 Å². The summed E-state index contributed by atoms with van der Waals surface area (Å²) in [6.45, 7) is 5.69. The van der Waals surface area contributed by atoms with Gasteiger partial charge < -0.3 is 14.7 Å². The maximum absolute atomic E-state index is 11.7. The van der Waals surface area contributed by atoms with Crippen molar-refractivity contribution in [3.63, 3.8) is 0 Å². The number of carbonyl (C=O) groups excluding carboxylic acids is 1. The fourth-order valence-electron chi connectivity index (χ4n) is 1.33. The average molecular weight is 231 g/mol. The van der Waals surface area contributed by atoms with Crippen molar-refractivity contribution in [3.05, 3.63) is 0 Å². The van der Waals surface area contributed by atoms with E-state index < -0.39 is 11.9 Å². The van der Waals surface area contributed by atoms with Crippen LogP contribution in [0.1, 0.15) is 27.2 Å². The summed E-state index contributed by atoms with van der Waals surface area (Å²) in [6, 6.07) is 0.0319. The number of ether oxygens (including phenoxy) is 1. The van der Waals surface area contributed by atoms with Gasteiger partial charge in [-0.1, -0.05) is 13.8 Å². The van der Waals surface area contributed by atoms with Crippen molar-refractivity contribution >= 4 is 11.9 Å². The van der Waals surface area contributed by atoms with E-state index in [1.54, 1.807) is 11.8 Å². The molecule has 94 valence electrons. The van der Waals surface area contributed by atoms with Crippen LogP contribution < -0.4 is 0 Å². The van der Waals surface area contributed by atoms with Crippen LogP contribution in [0.15, 0.2) is 0 Å². The van der Waals surface area contributed by atoms with Crippen LogP contribution in [-0.2, 0) is 14.3 Å². The molecule has 5 heteroatoms. The third kappa shape index (κ3) is 4.61. The van der Waals surface area contributed by atoms with Crippen molar-refractivity contribution in [1.82, 2.24) is 4.90 Å². The summed E-state index contributed by atoms with van der Waals surface area (Å²) in [5.74, 6) is -1.61. The van der Waals surface area contributed by atoms with Gasteiger partial charge in [0.05, 0.1) is 5.92 Å². The molecule has 0 spiro atoms. The Morgan fingerprint density at radius 3 is 2.31 bits per heavy atom. The van der Waals surface area contributed by atoms with Crippen LogP contribution in [0, 0.1) is 5.92 Å². The van der Waals surface area contributed by atoms with Gasteiger partial charge in [-0.15, -0.1) is 0 Å². The molecule has 2 atom stereocenters. The number of rotatable bonds is 7. The number of nitrogens with zero attached hydrogens (tertiary/aromatic N) is 1. The number of aliphatic carboxylic acids is 1. The van der Waals surface area contributed by atoms with Crippen molar-refractivity contribution < 1.29 is 19.4 Å². The molecular formula is C11H21NO4. The molecule has 0 rings (SSSR count). The van der Waals surface area contributed by atoms with Crippen LogP contribution in [-0.4, -0.2) is 48.2 Å². The van der Waals surface area contributed by atoms with Gasteiger partial charge in [0.15, 0.2) is 0 Å². The van der Waals surface area contributed by atoms with Crippen molar-refractivity contribution in [2.45, 2.75) is 33.2 Å². The highest BCUT2D eigenvalue weighted by atomic mass is 16.5. The lowest BCUT2D eigenvalue weighted by Gasteiger charge is -2.29. The first kappa shape index (κ1) is 14.9. The minimum atomic E-state index is -0.890. The fraction of sp³-hybridized carbons (Fsp3) is 0.818. The number of carbonyl (C=O) groups is 2. The number of carboxylic acids is 1. The van der Waals surface area contributed by atoms with Crippen molar-refractivity contribution in [3.8, 4) is 0 Å². The summed E-state index contributed by atoms with van der Waals surface area (Å²) in [4.78, 5) is 24.0. The number of methoxy groups -OCH3 is 1. The first-order valence-corrected chi connectivity index (χ1v) is 5.45. The zero-order valence-electron chi connectivity index (χ0n) is 10.4. The molecular weight excluding hydrogens is 210 g/mol. The molecule has 0 radical (unpaired) electrons. The van der Waals surface area contributed by atoms with Gasteiger partial charge in [-0.05, 0) is 13.3 Å². The molecule has 16 heavy (non-hydrogen) atoms. The first-order valence-electron chi connectivity index (χ1n) is 5.45. The summed E-state index contributed by atoms with van der Waals surface area (Å²) in [5.41, 5.74) is 0. The van der Waals surface area contributed by atoms with Crippen LogP contribution in [0.5, 0.6) is 0 Å². The molecule has 0 aliphatic rings. The fourth-order valence-corrected chi connectivity index (χ4v) is 1.33. The lowest BCUT2D eigenvalue weighted by molar-refractivity contribution is -0.144. The van der Waals surface area contributed by atoms with Crippen molar-refractivity contribution in [1.29, 1.82) is 0 Å². The highest BCUT2D eigenvalue weighted by molar-refractivity contribution is 5.78. The SMILES string of the molecule is CCC(C)N(CC(C)C(=O)O)C(=O)COC. The minimum absolute atomic E-state index is 0.00329. The van der Waals surface area contributed by atoms with Gasteiger partial charge in [-0.25, -0.2) is 0 Å². The average Bonchev–Trinajstić information content (AvgIpc) is 2.24. The summed E-state index contributed by atoms with van der Waals surface area (Å²) >= 11 is 0. The van der Waals surface area contributed by atoms with E-state index in [9.17, 15) is 9.59 Å². The topological polar surface area (TPSA) is 66.8 Å². The normalized spacial score (nSPS) is 14.2. The standard InChI is InChI=1S/C11H21NO4/c1-5-9(3)12(10(13)7-16-4)6-8(2)11(14)15/h8-9H,5-7H2,1-4H3,(H,14,15). The van der Waals surface area contributed by atoms with E-state index in [-0.39, 0.29) is 25.1 Å². The molecule has 0 bridgehead atoms. The zero-order valence-corrected chi connectivity index (χ0v) is 10.4. The van der Waals surface area contributed by atoms with Crippen LogP contribution in [0.4, 0.5) is 0 Å². The van der Waals surface area contributed by atoms with Crippen molar-refractivity contribution in [2.75, 3.05) is 20.3 Å². The highest BCUT2D eigenvalue weighted by Gasteiger charge is 2.23. The third-order valence-corrected chi connectivity index (χ3v) is 2.60. The van der Waals surface area contributed by atoms with Gasteiger partial charge >= 0.3 is 5.97 Å². The number of hydrogen-bond donors (Lipinski definition) is 1. The van der Waals surface area contributed by atoms with E-state index >= 15 is 0 Å². The second-order valence-corrected chi connectivity index (χ2v) is 3.98. The van der Waals surface area contributed by atoms with E-state index in [2.05, 4.69) is 0 Å². The largest absolute Gasteiger partial charge is 0.481 e. The Morgan fingerprint density at radius 2 is 1.94 bits per heavy atom. The molecule has 5 nitrogen and oxygen atoms in total. The molecule has 0 aliphatic carbocycles. The summed E-state index contributed by atoms with van der Waals surface area (Å²) < 4.78 is 4.78. The second-order valence-electron chi connectivity index (χ2n) is 3.98. The Morgan fingerprint density at radius 1 is 1.38 bits per heavy atom. The number of hydrogen-bond acceptors (Lipinski definition) is 3. The molecule has 0 fully saturated rings. The molecule has 2 unspecified atom stereocenters. The van der Waals surface area contributed by atoms with Crippen LogP contribution in [0.25, 0.3) is 0 Å². The smallest absolute Gasteiger partial charge is 0.308 e. The molecule has 0 saturated heterocycles. The molecule has 0 heterocycles. The lowest BCUT2D eigenvalue weighted by atomic mass is 10.1. The Kier molecular flexibility index (Phi) is 6.72. The number of carboxylic acid groups (broad SMARTS) is 1. The van der Waals surface area contributed by atoms with Crippen LogP contribution >= 0.6 is 0 Å². The van der Waals surface area contributed by atoms with Gasteiger partial charge in [0.25, 0.3) is 0 Å². The lowest BCUT2D eigenvalue weighted by Crippen LogP contribution is -2.44. The highest BCUT2D eigenvalue weighted by Crippen LogP contribution is 2.09. The van der Waals surface area contributed by atoms with Crippen LogP contribution in [0.2, 0.25) is 0 Å². The monoisotopic (exact) mass is 231 g/mol. The summed E-state index contributed by atoms with van der Waals surface area (Å²) in [6.07, 6.45) is 0.793. The van der Waals surface area contributed by atoms with Gasteiger partial charge in [0, 0.05) is 19.7 Å². The number of amides is 1. The maximum Gasteiger partial charge on any atom is 0.308 e.